The standard InChI is InChI=1S/C16H26N2O2S/c1-11(2)20-14-7-5-6-13(10-14)12(3)18-16(19)15(17)8-9-21-4/h5-7,10-12,15H,8-9,17H2,1-4H3,(H,18,19)/t12?,15-/m1/s1. The minimum atomic E-state index is -0.449. The van der Waals surface area contributed by atoms with E-state index in [1.54, 1.807) is 11.8 Å². The molecule has 0 aliphatic carbocycles. The first kappa shape index (κ1) is 17.9. The van der Waals surface area contributed by atoms with Crippen molar-refractivity contribution in [2.24, 2.45) is 5.73 Å². The van der Waals surface area contributed by atoms with Crippen LogP contribution in [0.4, 0.5) is 0 Å². The number of hydrogen-bond donors (Lipinski definition) is 2. The van der Waals surface area contributed by atoms with Crippen LogP contribution in [0.25, 0.3) is 0 Å². The van der Waals surface area contributed by atoms with E-state index in [2.05, 4.69) is 5.32 Å². The van der Waals surface area contributed by atoms with Crippen molar-refractivity contribution in [3.8, 4) is 5.75 Å². The Bertz CT molecular complexity index is 452. The molecule has 21 heavy (non-hydrogen) atoms. The molecule has 0 saturated heterocycles. The molecule has 0 aromatic heterocycles. The number of hydrogen-bond acceptors (Lipinski definition) is 4. The highest BCUT2D eigenvalue weighted by atomic mass is 32.2. The second-order valence-corrected chi connectivity index (χ2v) is 6.34. The molecule has 0 bridgehead atoms. The Kier molecular flexibility index (Phi) is 7.61. The van der Waals surface area contributed by atoms with Crippen LogP contribution in [0.3, 0.4) is 0 Å². The van der Waals surface area contributed by atoms with E-state index in [-0.39, 0.29) is 18.1 Å². The molecule has 1 amide bonds. The summed E-state index contributed by atoms with van der Waals surface area (Å²) in [5.41, 5.74) is 6.89. The maximum atomic E-state index is 12.0. The van der Waals surface area contributed by atoms with Crippen molar-refractivity contribution in [3.63, 3.8) is 0 Å². The summed E-state index contributed by atoms with van der Waals surface area (Å²) in [5, 5.41) is 2.96. The monoisotopic (exact) mass is 310 g/mol. The Labute approximate surface area is 131 Å². The van der Waals surface area contributed by atoms with Gasteiger partial charge in [-0.3, -0.25) is 4.79 Å². The van der Waals surface area contributed by atoms with Crippen LogP contribution in [-0.2, 0) is 4.79 Å². The molecule has 0 fully saturated rings. The Morgan fingerprint density at radius 2 is 2.10 bits per heavy atom. The lowest BCUT2D eigenvalue weighted by molar-refractivity contribution is -0.123. The van der Waals surface area contributed by atoms with Crippen molar-refractivity contribution in [2.75, 3.05) is 12.0 Å². The minimum Gasteiger partial charge on any atom is -0.491 e. The molecule has 5 heteroatoms. The average molecular weight is 310 g/mol. The number of carbonyl (C=O) groups is 1. The third-order valence-electron chi connectivity index (χ3n) is 3.06. The first-order valence-electron chi connectivity index (χ1n) is 7.25. The van der Waals surface area contributed by atoms with Crippen LogP contribution in [0.1, 0.15) is 38.8 Å². The molecular formula is C16H26N2O2S. The van der Waals surface area contributed by atoms with Crippen LogP contribution in [0.2, 0.25) is 0 Å². The van der Waals surface area contributed by atoms with E-state index < -0.39 is 6.04 Å². The summed E-state index contributed by atoms with van der Waals surface area (Å²) in [6.45, 7) is 5.93. The summed E-state index contributed by atoms with van der Waals surface area (Å²) in [6.07, 6.45) is 2.83. The van der Waals surface area contributed by atoms with Crippen molar-refractivity contribution in [3.05, 3.63) is 29.8 Å². The van der Waals surface area contributed by atoms with E-state index in [4.69, 9.17) is 10.5 Å². The second kappa shape index (κ2) is 8.95. The summed E-state index contributed by atoms with van der Waals surface area (Å²) >= 11 is 1.69. The van der Waals surface area contributed by atoms with Gasteiger partial charge in [0, 0.05) is 0 Å². The molecule has 0 spiro atoms. The fourth-order valence-electron chi connectivity index (χ4n) is 1.91. The van der Waals surface area contributed by atoms with Crippen molar-refractivity contribution < 1.29 is 9.53 Å². The van der Waals surface area contributed by atoms with Crippen LogP contribution in [-0.4, -0.2) is 30.1 Å². The normalized spacial score (nSPS) is 13.8. The van der Waals surface area contributed by atoms with E-state index >= 15 is 0 Å². The Morgan fingerprint density at radius 1 is 1.38 bits per heavy atom. The minimum absolute atomic E-state index is 0.0893. The maximum Gasteiger partial charge on any atom is 0.237 e. The van der Waals surface area contributed by atoms with Crippen molar-refractivity contribution in [2.45, 2.75) is 45.4 Å². The van der Waals surface area contributed by atoms with E-state index in [0.717, 1.165) is 17.1 Å². The lowest BCUT2D eigenvalue weighted by Crippen LogP contribution is -2.41. The number of thioether (sulfide) groups is 1. The molecule has 0 saturated carbocycles. The third-order valence-corrected chi connectivity index (χ3v) is 3.70. The van der Waals surface area contributed by atoms with Gasteiger partial charge in [0.2, 0.25) is 5.91 Å². The SMILES string of the molecule is CSCC[C@@H](N)C(=O)NC(C)c1cccc(OC(C)C)c1. The van der Waals surface area contributed by atoms with Gasteiger partial charge in [-0.15, -0.1) is 0 Å². The first-order valence-corrected chi connectivity index (χ1v) is 8.65. The molecule has 0 aliphatic heterocycles. The van der Waals surface area contributed by atoms with Gasteiger partial charge in [-0.05, 0) is 56.9 Å². The van der Waals surface area contributed by atoms with E-state index in [1.807, 2.05) is 51.3 Å². The number of nitrogens with one attached hydrogen (secondary N) is 1. The van der Waals surface area contributed by atoms with E-state index in [0.29, 0.717) is 6.42 Å². The largest absolute Gasteiger partial charge is 0.491 e. The fraction of sp³-hybridized carbons (Fsp3) is 0.562. The van der Waals surface area contributed by atoms with E-state index in [9.17, 15) is 4.79 Å². The molecule has 4 nitrogen and oxygen atoms in total. The highest BCUT2D eigenvalue weighted by molar-refractivity contribution is 7.98. The molecule has 0 heterocycles. The van der Waals surface area contributed by atoms with Crippen LogP contribution in [0.15, 0.2) is 24.3 Å². The van der Waals surface area contributed by atoms with Crippen LogP contribution in [0, 0.1) is 0 Å². The van der Waals surface area contributed by atoms with Gasteiger partial charge in [0.15, 0.2) is 0 Å². The average Bonchev–Trinajstić information content (AvgIpc) is 2.44. The van der Waals surface area contributed by atoms with Crippen molar-refractivity contribution >= 4 is 17.7 Å². The summed E-state index contributed by atoms with van der Waals surface area (Å²) in [7, 11) is 0. The third kappa shape index (κ3) is 6.40. The lowest BCUT2D eigenvalue weighted by atomic mass is 10.1. The predicted octanol–water partition coefficient (Wildman–Crippen LogP) is 2.73. The molecule has 1 unspecified atom stereocenters. The molecule has 1 rings (SSSR count). The van der Waals surface area contributed by atoms with Gasteiger partial charge in [0.25, 0.3) is 0 Å². The summed E-state index contributed by atoms with van der Waals surface area (Å²) in [6, 6.07) is 7.25. The van der Waals surface area contributed by atoms with E-state index in [1.165, 1.54) is 0 Å². The summed E-state index contributed by atoms with van der Waals surface area (Å²) in [4.78, 5) is 12.0. The highest BCUT2D eigenvalue weighted by Gasteiger charge is 2.16. The summed E-state index contributed by atoms with van der Waals surface area (Å²) in [5.74, 6) is 1.60. The lowest BCUT2D eigenvalue weighted by Gasteiger charge is -2.19. The van der Waals surface area contributed by atoms with Gasteiger partial charge in [0.1, 0.15) is 5.75 Å². The number of ether oxygens (including phenoxy) is 1. The molecule has 0 radical (unpaired) electrons. The maximum absolute atomic E-state index is 12.0. The van der Waals surface area contributed by atoms with Gasteiger partial charge in [-0.1, -0.05) is 12.1 Å². The molecular weight excluding hydrogens is 284 g/mol. The fourth-order valence-corrected chi connectivity index (χ4v) is 2.40. The quantitative estimate of drug-likeness (QED) is 0.775. The molecule has 1 aromatic carbocycles. The molecule has 1 aromatic rings. The van der Waals surface area contributed by atoms with Gasteiger partial charge in [-0.2, -0.15) is 11.8 Å². The number of nitrogens with two attached hydrogens (primary N) is 1. The predicted molar refractivity (Wildman–Crippen MR) is 89.7 cm³/mol. The molecule has 3 N–H and O–H groups in total. The zero-order chi connectivity index (χ0) is 15.8. The van der Waals surface area contributed by atoms with Crippen LogP contribution < -0.4 is 15.8 Å². The Hall–Kier alpha value is -1.20. The van der Waals surface area contributed by atoms with Crippen molar-refractivity contribution in [1.29, 1.82) is 0 Å². The molecule has 118 valence electrons. The number of rotatable bonds is 8. The molecule has 2 atom stereocenters. The number of carbonyl (C=O) groups excluding carboxylic acids is 1. The van der Waals surface area contributed by atoms with Gasteiger partial charge >= 0.3 is 0 Å². The van der Waals surface area contributed by atoms with Gasteiger partial charge < -0.3 is 15.8 Å². The smallest absolute Gasteiger partial charge is 0.237 e. The Balaban J connectivity index is 2.62. The topological polar surface area (TPSA) is 64.4 Å². The second-order valence-electron chi connectivity index (χ2n) is 5.36. The number of amides is 1. The highest BCUT2D eigenvalue weighted by Crippen LogP contribution is 2.20. The Morgan fingerprint density at radius 3 is 2.71 bits per heavy atom. The molecule has 0 aliphatic rings. The number of benzene rings is 1. The zero-order valence-electron chi connectivity index (χ0n) is 13.3. The van der Waals surface area contributed by atoms with Gasteiger partial charge in [0.05, 0.1) is 18.2 Å². The zero-order valence-corrected chi connectivity index (χ0v) is 14.1. The summed E-state index contributed by atoms with van der Waals surface area (Å²) < 4.78 is 5.67. The van der Waals surface area contributed by atoms with Gasteiger partial charge in [-0.25, -0.2) is 0 Å². The van der Waals surface area contributed by atoms with Crippen LogP contribution >= 0.6 is 11.8 Å². The first-order chi connectivity index (χ1) is 9.93. The van der Waals surface area contributed by atoms with Crippen LogP contribution in [0.5, 0.6) is 5.75 Å². The van der Waals surface area contributed by atoms with Crippen molar-refractivity contribution in [1.82, 2.24) is 5.32 Å².